The molecule has 1 nitrogen and oxygen atoms in total. The average Bonchev–Trinajstić information content (AvgIpc) is 2.48. The summed E-state index contributed by atoms with van der Waals surface area (Å²) in [6, 6.07) is 18.5. The van der Waals surface area contributed by atoms with Crippen molar-refractivity contribution in [3.8, 4) is 0 Å². The van der Waals surface area contributed by atoms with Crippen molar-refractivity contribution in [2.75, 3.05) is 5.32 Å². The second-order valence-corrected chi connectivity index (χ2v) is 7.03. The maximum absolute atomic E-state index is 6.21. The van der Waals surface area contributed by atoms with Crippen molar-refractivity contribution in [1.82, 2.24) is 0 Å². The first-order valence-electron chi connectivity index (χ1n) is 6.49. The van der Waals surface area contributed by atoms with E-state index >= 15 is 0 Å². The van der Waals surface area contributed by atoms with Gasteiger partial charge in [0.2, 0.25) is 0 Å². The summed E-state index contributed by atoms with van der Waals surface area (Å²) in [7, 11) is 0. The zero-order chi connectivity index (χ0) is 14.8. The van der Waals surface area contributed by atoms with Crippen molar-refractivity contribution < 1.29 is 0 Å². The van der Waals surface area contributed by atoms with Gasteiger partial charge in [-0.15, -0.1) is 0 Å². The summed E-state index contributed by atoms with van der Waals surface area (Å²) in [5.41, 5.74) is 2.16. The highest BCUT2D eigenvalue weighted by atomic mass is 79.9. The van der Waals surface area contributed by atoms with E-state index in [0.717, 1.165) is 25.2 Å². The predicted octanol–water partition coefficient (Wildman–Crippen LogP) is 6.63. The molecule has 3 aromatic rings. The lowest BCUT2D eigenvalue weighted by Gasteiger charge is -2.10. The van der Waals surface area contributed by atoms with Crippen molar-refractivity contribution >= 4 is 59.9 Å². The van der Waals surface area contributed by atoms with Crippen LogP contribution in [-0.2, 0) is 6.54 Å². The fourth-order valence-electron chi connectivity index (χ4n) is 2.20. The molecule has 0 aromatic heterocycles. The van der Waals surface area contributed by atoms with Crippen molar-refractivity contribution in [2.24, 2.45) is 0 Å². The number of hydrogen-bond donors (Lipinski definition) is 1. The molecule has 0 fully saturated rings. The van der Waals surface area contributed by atoms with Gasteiger partial charge >= 0.3 is 0 Å². The highest BCUT2D eigenvalue weighted by Gasteiger charge is 2.02. The Hall–Kier alpha value is -1.03. The number of hydrogen-bond acceptors (Lipinski definition) is 1. The Labute approximate surface area is 145 Å². The Morgan fingerprint density at radius 1 is 0.810 bits per heavy atom. The molecule has 4 heteroatoms. The normalized spacial score (nSPS) is 10.8. The van der Waals surface area contributed by atoms with Gasteiger partial charge in [-0.25, -0.2) is 0 Å². The summed E-state index contributed by atoms with van der Waals surface area (Å²) in [4.78, 5) is 0. The molecule has 21 heavy (non-hydrogen) atoms. The molecule has 0 aliphatic carbocycles. The molecule has 0 bridgehead atoms. The Morgan fingerprint density at radius 3 is 2.33 bits per heavy atom. The third-order valence-electron chi connectivity index (χ3n) is 3.29. The lowest BCUT2D eigenvalue weighted by atomic mass is 10.1. The first-order valence-corrected chi connectivity index (χ1v) is 8.45. The standard InChI is InChI=1S/C17H12Br2ClN/c18-14-3-1-12-9-16(5-2-11(12)7-14)21-10-13-8-15(19)4-6-17(13)20/h1-9,21H,10H2. The number of rotatable bonds is 3. The van der Waals surface area contributed by atoms with Gasteiger partial charge in [-0.3, -0.25) is 0 Å². The van der Waals surface area contributed by atoms with Crippen LogP contribution in [0.15, 0.2) is 63.5 Å². The van der Waals surface area contributed by atoms with Gasteiger partial charge in [0.1, 0.15) is 0 Å². The van der Waals surface area contributed by atoms with Crippen LogP contribution in [0.2, 0.25) is 5.02 Å². The zero-order valence-corrected chi connectivity index (χ0v) is 15.0. The maximum Gasteiger partial charge on any atom is 0.0456 e. The molecular formula is C17H12Br2ClN. The Bertz CT molecular complexity index is 802. The van der Waals surface area contributed by atoms with Crippen LogP contribution < -0.4 is 5.32 Å². The summed E-state index contributed by atoms with van der Waals surface area (Å²) in [5, 5.41) is 6.62. The summed E-state index contributed by atoms with van der Waals surface area (Å²) in [6.07, 6.45) is 0. The first-order chi connectivity index (χ1) is 10.1. The fraction of sp³-hybridized carbons (Fsp3) is 0.0588. The minimum atomic E-state index is 0.695. The van der Waals surface area contributed by atoms with Crippen LogP contribution in [0.1, 0.15) is 5.56 Å². The lowest BCUT2D eigenvalue weighted by Crippen LogP contribution is -2.00. The predicted molar refractivity (Wildman–Crippen MR) is 98.1 cm³/mol. The highest BCUT2D eigenvalue weighted by Crippen LogP contribution is 2.25. The monoisotopic (exact) mass is 423 g/mol. The molecule has 0 amide bonds. The van der Waals surface area contributed by atoms with E-state index in [1.807, 2.05) is 18.2 Å². The van der Waals surface area contributed by atoms with Gasteiger partial charge in [0.05, 0.1) is 0 Å². The van der Waals surface area contributed by atoms with Crippen LogP contribution in [0.5, 0.6) is 0 Å². The van der Waals surface area contributed by atoms with E-state index < -0.39 is 0 Å². The second kappa shape index (κ2) is 6.39. The minimum Gasteiger partial charge on any atom is -0.381 e. The van der Waals surface area contributed by atoms with E-state index in [0.29, 0.717) is 6.54 Å². The van der Waals surface area contributed by atoms with E-state index in [1.54, 1.807) is 0 Å². The minimum absolute atomic E-state index is 0.695. The summed E-state index contributed by atoms with van der Waals surface area (Å²) in [6.45, 7) is 0.695. The quantitative estimate of drug-likeness (QED) is 0.497. The Morgan fingerprint density at radius 2 is 1.48 bits per heavy atom. The molecule has 0 unspecified atom stereocenters. The number of benzene rings is 3. The zero-order valence-electron chi connectivity index (χ0n) is 11.0. The molecule has 106 valence electrons. The van der Waals surface area contributed by atoms with Crippen molar-refractivity contribution in [3.05, 3.63) is 74.1 Å². The van der Waals surface area contributed by atoms with Gasteiger partial charge in [0.15, 0.2) is 0 Å². The smallest absolute Gasteiger partial charge is 0.0456 e. The van der Waals surface area contributed by atoms with E-state index in [-0.39, 0.29) is 0 Å². The molecule has 0 spiro atoms. The average molecular weight is 426 g/mol. The van der Waals surface area contributed by atoms with E-state index in [4.69, 9.17) is 11.6 Å². The van der Waals surface area contributed by atoms with E-state index in [1.165, 1.54) is 10.8 Å². The van der Waals surface area contributed by atoms with E-state index in [2.05, 4.69) is 73.6 Å². The van der Waals surface area contributed by atoms with Gasteiger partial charge in [-0.1, -0.05) is 55.6 Å². The van der Waals surface area contributed by atoms with Crippen LogP contribution in [0.4, 0.5) is 5.69 Å². The van der Waals surface area contributed by atoms with Crippen molar-refractivity contribution in [1.29, 1.82) is 0 Å². The Balaban J connectivity index is 1.82. The van der Waals surface area contributed by atoms with Crippen molar-refractivity contribution in [2.45, 2.75) is 6.54 Å². The SMILES string of the molecule is Clc1ccc(Br)cc1CNc1ccc2cc(Br)ccc2c1. The van der Waals surface area contributed by atoms with Crippen LogP contribution in [0.25, 0.3) is 10.8 Å². The molecule has 0 aliphatic rings. The Kier molecular flexibility index (Phi) is 4.53. The fourth-order valence-corrected chi connectivity index (χ4v) is 3.17. The van der Waals surface area contributed by atoms with Gasteiger partial charge < -0.3 is 5.32 Å². The van der Waals surface area contributed by atoms with Crippen LogP contribution in [0, 0.1) is 0 Å². The summed E-state index contributed by atoms with van der Waals surface area (Å²) >= 11 is 13.2. The number of nitrogens with one attached hydrogen (secondary N) is 1. The maximum atomic E-state index is 6.21. The molecule has 1 N–H and O–H groups in total. The van der Waals surface area contributed by atoms with Crippen LogP contribution >= 0.6 is 43.5 Å². The molecule has 0 saturated carbocycles. The van der Waals surface area contributed by atoms with E-state index in [9.17, 15) is 0 Å². The molecule has 3 rings (SSSR count). The van der Waals surface area contributed by atoms with Gasteiger partial charge in [-0.05, 0) is 58.8 Å². The van der Waals surface area contributed by atoms with Gasteiger partial charge in [0, 0.05) is 26.2 Å². The summed E-state index contributed by atoms with van der Waals surface area (Å²) in [5.74, 6) is 0. The topological polar surface area (TPSA) is 12.0 Å². The first kappa shape index (κ1) is 14.9. The third kappa shape index (κ3) is 3.60. The van der Waals surface area contributed by atoms with Crippen LogP contribution in [-0.4, -0.2) is 0 Å². The number of fused-ring (bicyclic) bond motifs is 1. The molecule has 0 saturated heterocycles. The number of halogens is 3. The largest absolute Gasteiger partial charge is 0.381 e. The number of anilines is 1. The van der Waals surface area contributed by atoms with Crippen molar-refractivity contribution in [3.63, 3.8) is 0 Å². The second-order valence-electron chi connectivity index (χ2n) is 4.80. The van der Waals surface area contributed by atoms with Gasteiger partial charge in [0.25, 0.3) is 0 Å². The lowest BCUT2D eigenvalue weighted by molar-refractivity contribution is 1.15. The van der Waals surface area contributed by atoms with Gasteiger partial charge in [-0.2, -0.15) is 0 Å². The molecule has 0 atom stereocenters. The molecule has 0 aliphatic heterocycles. The molecular weight excluding hydrogens is 413 g/mol. The summed E-state index contributed by atoms with van der Waals surface area (Å²) < 4.78 is 2.13. The highest BCUT2D eigenvalue weighted by molar-refractivity contribution is 9.10. The molecule has 0 heterocycles. The van der Waals surface area contributed by atoms with Crippen LogP contribution in [0.3, 0.4) is 0 Å². The molecule has 0 radical (unpaired) electrons. The third-order valence-corrected chi connectivity index (χ3v) is 4.65. The molecule has 3 aromatic carbocycles.